The Morgan fingerprint density at radius 3 is 2.41 bits per heavy atom. The summed E-state index contributed by atoms with van der Waals surface area (Å²) in [6, 6.07) is 8.56. The number of nitrogens with one attached hydrogen (secondary N) is 1. The fourth-order valence-electron chi connectivity index (χ4n) is 2.44. The first-order chi connectivity index (χ1) is 12.9. The maximum Gasteiger partial charge on any atom is 0.170 e. The number of halogens is 2. The third-order valence-electron chi connectivity index (χ3n) is 3.78. The Labute approximate surface area is 167 Å². The Balaban J connectivity index is 1.74. The van der Waals surface area contributed by atoms with Gasteiger partial charge in [-0.1, -0.05) is 29.3 Å². The summed E-state index contributed by atoms with van der Waals surface area (Å²) in [4.78, 5) is 27.3. The average molecular weight is 402 g/mol. The number of pyridine rings is 1. The van der Waals surface area contributed by atoms with Crippen molar-refractivity contribution in [3.05, 3.63) is 70.1 Å². The minimum Gasteiger partial charge on any atom is -0.361 e. The Morgan fingerprint density at radius 1 is 1.04 bits per heavy atom. The molecule has 138 valence electrons. The molecular formula is C19H17Cl2N5O. The van der Waals surface area contributed by atoms with E-state index < -0.39 is 0 Å². The second-order valence-corrected chi connectivity index (χ2v) is 6.84. The molecule has 0 radical (unpaired) electrons. The lowest BCUT2D eigenvalue weighted by molar-refractivity contribution is 0.0993. The van der Waals surface area contributed by atoms with Gasteiger partial charge < -0.3 is 10.2 Å². The molecule has 3 aromatic rings. The van der Waals surface area contributed by atoms with Gasteiger partial charge >= 0.3 is 0 Å². The summed E-state index contributed by atoms with van der Waals surface area (Å²) in [5, 5.41) is 3.77. The van der Waals surface area contributed by atoms with Gasteiger partial charge in [0.25, 0.3) is 0 Å². The molecule has 0 atom stereocenters. The summed E-state index contributed by atoms with van der Waals surface area (Å²) < 4.78 is 0. The van der Waals surface area contributed by atoms with Crippen LogP contribution in [0.15, 0.2) is 48.9 Å². The molecule has 0 spiro atoms. The van der Waals surface area contributed by atoms with Crippen LogP contribution in [0, 0.1) is 0 Å². The molecule has 27 heavy (non-hydrogen) atoms. The summed E-state index contributed by atoms with van der Waals surface area (Å²) in [6.07, 6.45) is 5.07. The average Bonchev–Trinajstić information content (AvgIpc) is 2.62. The van der Waals surface area contributed by atoms with E-state index in [4.69, 9.17) is 23.2 Å². The van der Waals surface area contributed by atoms with Gasteiger partial charge in [-0.25, -0.2) is 15.0 Å². The van der Waals surface area contributed by atoms with Crippen LogP contribution in [0.3, 0.4) is 0 Å². The Bertz CT molecular complexity index is 940. The third kappa shape index (κ3) is 4.72. The highest BCUT2D eigenvalue weighted by molar-refractivity contribution is 6.39. The lowest BCUT2D eigenvalue weighted by Gasteiger charge is -2.11. The Kier molecular flexibility index (Phi) is 5.88. The number of aromatic nitrogens is 3. The van der Waals surface area contributed by atoms with Crippen LogP contribution in [-0.4, -0.2) is 34.8 Å². The standard InChI is InChI=1S/C19H17Cl2N5O/c1-26(2)18-11-23-17(10-24-18)25-16-9-12(6-7-22-16)8-15(27)19-13(20)4-3-5-14(19)21/h3-7,9-11H,8H2,1-2H3,(H,22,23,25). The number of hydrogen-bond donors (Lipinski definition) is 1. The summed E-state index contributed by atoms with van der Waals surface area (Å²) in [5.41, 5.74) is 1.11. The van der Waals surface area contributed by atoms with Crippen LogP contribution in [0.4, 0.5) is 17.5 Å². The first-order valence-corrected chi connectivity index (χ1v) is 8.88. The third-order valence-corrected chi connectivity index (χ3v) is 4.41. The predicted octanol–water partition coefficient (Wildman–Crippen LogP) is 4.41. The zero-order valence-corrected chi connectivity index (χ0v) is 16.3. The molecule has 8 heteroatoms. The van der Waals surface area contributed by atoms with Gasteiger partial charge in [0.2, 0.25) is 0 Å². The predicted molar refractivity (Wildman–Crippen MR) is 108 cm³/mol. The van der Waals surface area contributed by atoms with Crippen molar-refractivity contribution < 1.29 is 4.79 Å². The van der Waals surface area contributed by atoms with E-state index in [1.807, 2.05) is 19.0 Å². The smallest absolute Gasteiger partial charge is 0.170 e. The number of rotatable bonds is 6. The Morgan fingerprint density at radius 2 is 1.78 bits per heavy atom. The minimum atomic E-state index is -0.155. The van der Waals surface area contributed by atoms with Crippen LogP contribution in [0.5, 0.6) is 0 Å². The fourth-order valence-corrected chi connectivity index (χ4v) is 3.05. The quantitative estimate of drug-likeness (QED) is 0.616. The molecule has 1 aromatic carbocycles. The number of carbonyl (C=O) groups is 1. The molecule has 0 saturated carbocycles. The SMILES string of the molecule is CN(C)c1cnc(Nc2cc(CC(=O)c3c(Cl)cccc3Cl)ccn2)cn1. The van der Waals surface area contributed by atoms with Gasteiger partial charge in [-0.15, -0.1) is 0 Å². The van der Waals surface area contributed by atoms with Crippen molar-refractivity contribution in [3.8, 4) is 0 Å². The van der Waals surface area contributed by atoms with Crippen molar-refractivity contribution in [2.75, 3.05) is 24.3 Å². The highest BCUT2D eigenvalue weighted by Gasteiger charge is 2.15. The van der Waals surface area contributed by atoms with Crippen LogP contribution in [-0.2, 0) is 6.42 Å². The second kappa shape index (κ2) is 8.33. The van der Waals surface area contributed by atoms with Gasteiger partial charge in [0.05, 0.1) is 28.0 Å². The van der Waals surface area contributed by atoms with Gasteiger partial charge in [-0.05, 0) is 29.8 Å². The normalized spacial score (nSPS) is 10.5. The first kappa shape index (κ1) is 19.1. The van der Waals surface area contributed by atoms with Crippen molar-refractivity contribution in [2.24, 2.45) is 0 Å². The summed E-state index contributed by atoms with van der Waals surface area (Å²) in [5.74, 6) is 1.73. The molecule has 0 saturated heterocycles. The van der Waals surface area contributed by atoms with Crippen molar-refractivity contribution in [3.63, 3.8) is 0 Å². The molecule has 1 N–H and O–H groups in total. The molecule has 0 fully saturated rings. The van der Waals surface area contributed by atoms with Gasteiger partial charge in [0.15, 0.2) is 5.78 Å². The van der Waals surface area contributed by atoms with Crippen LogP contribution < -0.4 is 10.2 Å². The van der Waals surface area contributed by atoms with Crippen LogP contribution >= 0.6 is 23.2 Å². The first-order valence-electron chi connectivity index (χ1n) is 8.12. The van der Waals surface area contributed by atoms with Crippen molar-refractivity contribution in [2.45, 2.75) is 6.42 Å². The van der Waals surface area contributed by atoms with Gasteiger partial charge in [0.1, 0.15) is 17.5 Å². The molecule has 2 heterocycles. The maximum absolute atomic E-state index is 12.6. The van der Waals surface area contributed by atoms with E-state index in [9.17, 15) is 4.79 Å². The number of hydrogen-bond acceptors (Lipinski definition) is 6. The van der Waals surface area contributed by atoms with E-state index in [2.05, 4.69) is 20.3 Å². The lowest BCUT2D eigenvalue weighted by Crippen LogP contribution is -2.11. The molecule has 0 amide bonds. The van der Waals surface area contributed by atoms with Crippen molar-refractivity contribution in [1.82, 2.24) is 15.0 Å². The maximum atomic E-state index is 12.6. The molecular weight excluding hydrogens is 385 g/mol. The largest absolute Gasteiger partial charge is 0.361 e. The summed E-state index contributed by atoms with van der Waals surface area (Å²) in [7, 11) is 3.79. The van der Waals surface area contributed by atoms with Crippen LogP contribution in [0.25, 0.3) is 0 Å². The molecule has 0 aliphatic rings. The zero-order chi connectivity index (χ0) is 19.4. The highest BCUT2D eigenvalue weighted by atomic mass is 35.5. The van der Waals surface area contributed by atoms with Gasteiger partial charge in [-0.3, -0.25) is 4.79 Å². The topological polar surface area (TPSA) is 71.0 Å². The molecule has 0 aliphatic carbocycles. The molecule has 0 unspecified atom stereocenters. The van der Waals surface area contributed by atoms with E-state index in [1.165, 1.54) is 0 Å². The van der Waals surface area contributed by atoms with Crippen LogP contribution in [0.1, 0.15) is 15.9 Å². The number of anilines is 3. The number of carbonyl (C=O) groups excluding carboxylic acids is 1. The zero-order valence-electron chi connectivity index (χ0n) is 14.8. The lowest BCUT2D eigenvalue weighted by atomic mass is 10.0. The monoisotopic (exact) mass is 401 g/mol. The minimum absolute atomic E-state index is 0.155. The molecule has 2 aromatic heterocycles. The molecule has 0 bridgehead atoms. The number of Topliss-reactive ketones (excluding diaryl/α,β-unsaturated/α-hetero) is 1. The number of ketones is 1. The van der Waals surface area contributed by atoms with Crippen molar-refractivity contribution >= 4 is 46.4 Å². The number of benzene rings is 1. The summed E-state index contributed by atoms with van der Waals surface area (Å²) in [6.45, 7) is 0. The molecule has 6 nitrogen and oxygen atoms in total. The van der Waals surface area contributed by atoms with Crippen molar-refractivity contribution in [1.29, 1.82) is 0 Å². The van der Waals surface area contributed by atoms with E-state index in [0.717, 1.165) is 11.4 Å². The number of nitrogens with zero attached hydrogens (tertiary/aromatic N) is 4. The van der Waals surface area contributed by atoms with E-state index in [1.54, 1.807) is 48.9 Å². The molecule has 3 rings (SSSR count). The second-order valence-electron chi connectivity index (χ2n) is 6.03. The summed E-state index contributed by atoms with van der Waals surface area (Å²) >= 11 is 12.2. The van der Waals surface area contributed by atoms with E-state index >= 15 is 0 Å². The van der Waals surface area contributed by atoms with Gasteiger partial charge in [0, 0.05) is 26.7 Å². The van der Waals surface area contributed by atoms with E-state index in [-0.39, 0.29) is 12.2 Å². The highest BCUT2D eigenvalue weighted by Crippen LogP contribution is 2.26. The Hall–Kier alpha value is -2.70. The molecule has 0 aliphatic heterocycles. The van der Waals surface area contributed by atoms with Crippen LogP contribution in [0.2, 0.25) is 10.0 Å². The van der Waals surface area contributed by atoms with Gasteiger partial charge in [-0.2, -0.15) is 0 Å². The van der Waals surface area contributed by atoms with E-state index in [0.29, 0.717) is 27.2 Å². The fraction of sp³-hybridized carbons (Fsp3) is 0.158.